The summed E-state index contributed by atoms with van der Waals surface area (Å²) in [5.41, 5.74) is 0.296. The highest BCUT2D eigenvalue weighted by Crippen LogP contribution is 2.33. The number of benzene rings is 1. The van der Waals surface area contributed by atoms with Gasteiger partial charge >= 0.3 is 12.1 Å². The van der Waals surface area contributed by atoms with Gasteiger partial charge in [0.2, 0.25) is 0 Å². The quantitative estimate of drug-likeness (QED) is 0.683. The first-order valence-corrected chi connectivity index (χ1v) is 8.92. The minimum Gasteiger partial charge on any atom is -0.469 e. The maximum Gasteiger partial charge on any atom is 0.416 e. The summed E-state index contributed by atoms with van der Waals surface area (Å²) in [5, 5.41) is 0.479. The number of hydrogen-bond donors (Lipinski definition) is 0. The number of hydrogen-bond acceptors (Lipinski definition) is 5. The second-order valence-electron chi connectivity index (χ2n) is 5.92. The molecule has 1 heterocycles. The summed E-state index contributed by atoms with van der Waals surface area (Å²) < 4.78 is 42.6. The molecule has 0 fully saturated rings. The molecule has 5 nitrogen and oxygen atoms in total. The van der Waals surface area contributed by atoms with Crippen molar-refractivity contribution in [2.75, 3.05) is 20.7 Å². The van der Waals surface area contributed by atoms with E-state index in [0.29, 0.717) is 34.1 Å². The molecular formula is C18H19F3N2O3S. The molecule has 0 unspecified atom stereocenters. The SMILES string of the molecule is COC(=O)CCCN(C)C(=O)c1sc(-c2ccc(C(F)(F)F)cc2)nc1C. The maximum absolute atomic E-state index is 12.7. The van der Waals surface area contributed by atoms with Crippen LogP contribution in [0.2, 0.25) is 0 Å². The highest BCUT2D eigenvalue weighted by Gasteiger charge is 2.30. The van der Waals surface area contributed by atoms with Gasteiger partial charge in [0.15, 0.2) is 0 Å². The Hall–Kier alpha value is -2.42. The third-order valence-corrected chi connectivity index (χ3v) is 5.09. The lowest BCUT2D eigenvalue weighted by molar-refractivity contribution is -0.141. The summed E-state index contributed by atoms with van der Waals surface area (Å²) in [6, 6.07) is 4.67. The zero-order chi connectivity index (χ0) is 20.2. The predicted octanol–water partition coefficient (Wildman–Crippen LogP) is 4.16. The van der Waals surface area contributed by atoms with E-state index in [4.69, 9.17) is 0 Å². The van der Waals surface area contributed by atoms with Crippen LogP contribution in [0.4, 0.5) is 13.2 Å². The number of carbonyl (C=O) groups excluding carboxylic acids is 2. The Labute approximate surface area is 158 Å². The van der Waals surface area contributed by atoms with Crippen molar-refractivity contribution in [3.63, 3.8) is 0 Å². The van der Waals surface area contributed by atoms with E-state index in [1.54, 1.807) is 14.0 Å². The van der Waals surface area contributed by atoms with Crippen LogP contribution in [0.5, 0.6) is 0 Å². The first kappa shape index (κ1) is 20.9. The fourth-order valence-electron chi connectivity index (χ4n) is 2.36. The predicted molar refractivity (Wildman–Crippen MR) is 95.5 cm³/mol. The smallest absolute Gasteiger partial charge is 0.416 e. The number of carbonyl (C=O) groups is 2. The molecule has 2 aromatic rings. The van der Waals surface area contributed by atoms with Crippen molar-refractivity contribution in [2.24, 2.45) is 0 Å². The van der Waals surface area contributed by atoms with E-state index < -0.39 is 11.7 Å². The molecule has 9 heteroatoms. The number of rotatable bonds is 6. The van der Waals surface area contributed by atoms with Gasteiger partial charge in [-0.15, -0.1) is 11.3 Å². The number of nitrogens with zero attached hydrogens (tertiary/aromatic N) is 2. The summed E-state index contributed by atoms with van der Waals surface area (Å²) in [4.78, 5) is 29.9. The van der Waals surface area contributed by atoms with E-state index in [1.165, 1.54) is 24.1 Å². The molecule has 0 aliphatic carbocycles. The Kier molecular flexibility index (Phi) is 6.59. The van der Waals surface area contributed by atoms with Gasteiger partial charge < -0.3 is 9.64 Å². The molecule has 27 heavy (non-hydrogen) atoms. The van der Waals surface area contributed by atoms with Gasteiger partial charge in [-0.2, -0.15) is 13.2 Å². The molecule has 0 saturated carbocycles. The zero-order valence-electron chi connectivity index (χ0n) is 15.1. The van der Waals surface area contributed by atoms with Crippen molar-refractivity contribution in [3.05, 3.63) is 40.4 Å². The zero-order valence-corrected chi connectivity index (χ0v) is 15.9. The van der Waals surface area contributed by atoms with Gasteiger partial charge in [0, 0.05) is 25.6 Å². The Morgan fingerprint density at radius 2 is 1.85 bits per heavy atom. The van der Waals surface area contributed by atoms with Crippen molar-refractivity contribution >= 4 is 23.2 Å². The second-order valence-corrected chi connectivity index (χ2v) is 6.91. The molecule has 0 N–H and O–H groups in total. The molecular weight excluding hydrogens is 381 g/mol. The lowest BCUT2D eigenvalue weighted by Crippen LogP contribution is -2.28. The number of aryl methyl sites for hydroxylation is 1. The topological polar surface area (TPSA) is 59.5 Å². The first-order chi connectivity index (χ1) is 12.6. The highest BCUT2D eigenvalue weighted by molar-refractivity contribution is 7.17. The molecule has 1 aromatic carbocycles. The van der Waals surface area contributed by atoms with Crippen LogP contribution in [0, 0.1) is 6.92 Å². The molecule has 0 atom stereocenters. The number of alkyl halides is 3. The van der Waals surface area contributed by atoms with E-state index in [2.05, 4.69) is 9.72 Å². The number of thiazole rings is 1. The van der Waals surface area contributed by atoms with Crippen LogP contribution in [0.3, 0.4) is 0 Å². The van der Waals surface area contributed by atoms with Gasteiger partial charge in [-0.1, -0.05) is 12.1 Å². The normalized spacial score (nSPS) is 11.3. The third kappa shape index (κ3) is 5.29. The van der Waals surface area contributed by atoms with E-state index in [0.717, 1.165) is 23.5 Å². The van der Waals surface area contributed by atoms with Gasteiger partial charge in [-0.05, 0) is 25.5 Å². The average molecular weight is 400 g/mol. The summed E-state index contributed by atoms with van der Waals surface area (Å²) in [7, 11) is 2.93. The van der Waals surface area contributed by atoms with Crippen molar-refractivity contribution in [3.8, 4) is 10.6 Å². The molecule has 146 valence electrons. The van der Waals surface area contributed by atoms with Crippen LogP contribution in [-0.2, 0) is 15.7 Å². The lowest BCUT2D eigenvalue weighted by atomic mass is 10.1. The Bertz CT molecular complexity index is 816. The summed E-state index contributed by atoms with van der Waals surface area (Å²) >= 11 is 1.13. The number of methoxy groups -OCH3 is 1. The van der Waals surface area contributed by atoms with E-state index >= 15 is 0 Å². The van der Waals surface area contributed by atoms with Crippen molar-refractivity contribution in [2.45, 2.75) is 25.9 Å². The van der Waals surface area contributed by atoms with Gasteiger partial charge in [0.25, 0.3) is 5.91 Å². The Morgan fingerprint density at radius 1 is 1.22 bits per heavy atom. The van der Waals surface area contributed by atoms with Crippen LogP contribution in [0.15, 0.2) is 24.3 Å². The van der Waals surface area contributed by atoms with E-state index in [-0.39, 0.29) is 18.3 Å². The number of aromatic nitrogens is 1. The van der Waals surface area contributed by atoms with Gasteiger partial charge in [0.05, 0.1) is 18.4 Å². The van der Waals surface area contributed by atoms with Crippen LogP contribution >= 0.6 is 11.3 Å². The lowest BCUT2D eigenvalue weighted by Gasteiger charge is -2.15. The monoisotopic (exact) mass is 400 g/mol. The van der Waals surface area contributed by atoms with Crippen molar-refractivity contribution < 1.29 is 27.5 Å². The third-order valence-electron chi connectivity index (χ3n) is 3.90. The molecule has 0 radical (unpaired) electrons. The molecule has 0 aliphatic rings. The van der Waals surface area contributed by atoms with E-state index in [9.17, 15) is 22.8 Å². The van der Waals surface area contributed by atoms with Crippen LogP contribution in [-0.4, -0.2) is 42.5 Å². The number of amides is 1. The molecule has 1 amide bonds. The molecule has 1 aromatic heterocycles. The molecule has 0 saturated heterocycles. The van der Waals surface area contributed by atoms with Crippen LogP contribution in [0.1, 0.15) is 33.8 Å². The van der Waals surface area contributed by atoms with Gasteiger partial charge in [0.1, 0.15) is 9.88 Å². The first-order valence-electron chi connectivity index (χ1n) is 8.10. The Balaban J connectivity index is 2.11. The average Bonchev–Trinajstić information content (AvgIpc) is 3.01. The summed E-state index contributed by atoms with van der Waals surface area (Å²) in [6.45, 7) is 2.06. The molecule has 2 rings (SSSR count). The van der Waals surface area contributed by atoms with Crippen LogP contribution in [0.25, 0.3) is 10.6 Å². The molecule has 0 bridgehead atoms. The standard InChI is InChI=1S/C18H19F3N2O3S/c1-11-15(17(25)23(2)10-4-5-14(24)26-3)27-16(22-11)12-6-8-13(9-7-12)18(19,20)21/h6-9H,4-5,10H2,1-3H3. The van der Waals surface area contributed by atoms with Crippen molar-refractivity contribution in [1.82, 2.24) is 9.88 Å². The Morgan fingerprint density at radius 3 is 2.41 bits per heavy atom. The van der Waals surface area contributed by atoms with E-state index in [1.807, 2.05) is 0 Å². The largest absolute Gasteiger partial charge is 0.469 e. The van der Waals surface area contributed by atoms with Gasteiger partial charge in [-0.25, -0.2) is 4.98 Å². The minimum atomic E-state index is -4.40. The number of esters is 1. The summed E-state index contributed by atoms with van der Waals surface area (Å²) in [6.07, 6.45) is -3.71. The highest BCUT2D eigenvalue weighted by atomic mass is 32.1. The number of halogens is 3. The van der Waals surface area contributed by atoms with Crippen molar-refractivity contribution in [1.29, 1.82) is 0 Å². The summed E-state index contributed by atoms with van der Waals surface area (Å²) in [5.74, 6) is -0.581. The fourth-order valence-corrected chi connectivity index (χ4v) is 3.42. The van der Waals surface area contributed by atoms with Crippen LogP contribution < -0.4 is 0 Å². The van der Waals surface area contributed by atoms with Gasteiger partial charge in [-0.3, -0.25) is 9.59 Å². The fraction of sp³-hybridized carbons (Fsp3) is 0.389. The maximum atomic E-state index is 12.7. The number of ether oxygens (including phenoxy) is 1. The molecule has 0 aliphatic heterocycles. The second kappa shape index (κ2) is 8.51. The molecule has 0 spiro atoms. The minimum absolute atomic E-state index is 0.215.